The lowest BCUT2D eigenvalue weighted by molar-refractivity contribution is -0.218. The lowest BCUT2D eigenvalue weighted by Gasteiger charge is -2.34. The average Bonchev–Trinajstić information content (AvgIpc) is 3.28. The van der Waals surface area contributed by atoms with Crippen LogP contribution in [0.15, 0.2) is 21.9 Å². The van der Waals surface area contributed by atoms with Crippen LogP contribution in [-0.4, -0.2) is 98.9 Å². The van der Waals surface area contributed by atoms with Crippen molar-refractivity contribution in [1.82, 2.24) is 14.5 Å². The van der Waals surface area contributed by atoms with E-state index in [1.807, 2.05) is 0 Å². The van der Waals surface area contributed by atoms with E-state index in [1.54, 1.807) is 0 Å². The van der Waals surface area contributed by atoms with Gasteiger partial charge in [-0.3, -0.25) is 14.3 Å². The van der Waals surface area contributed by atoms with E-state index in [9.17, 15) is 24.9 Å². The number of hydrogen-bond donors (Lipinski definition) is 5. The molecule has 3 fully saturated rings. The number of hydrogen-bond acceptors (Lipinski definition) is 10. The van der Waals surface area contributed by atoms with Gasteiger partial charge in [-0.15, -0.1) is 0 Å². The summed E-state index contributed by atoms with van der Waals surface area (Å²) in [6.45, 7) is 2.28. The molecule has 0 amide bonds. The Labute approximate surface area is 184 Å². The van der Waals surface area contributed by atoms with E-state index in [-0.39, 0.29) is 13.0 Å². The van der Waals surface area contributed by atoms with Crippen LogP contribution in [0.2, 0.25) is 0 Å². The van der Waals surface area contributed by atoms with Gasteiger partial charge in [-0.1, -0.05) is 6.42 Å². The summed E-state index contributed by atoms with van der Waals surface area (Å²) in [4.78, 5) is 27.9. The normalized spacial score (nSPS) is 37.1. The van der Waals surface area contributed by atoms with Crippen molar-refractivity contribution in [3.8, 4) is 0 Å². The molecule has 3 aliphatic rings. The van der Waals surface area contributed by atoms with E-state index < -0.39 is 60.4 Å². The fraction of sp³-hybridized carbons (Fsp3) is 0.800. The molecule has 32 heavy (non-hydrogen) atoms. The topological polar surface area (TPSA) is 172 Å². The second kappa shape index (κ2) is 10.1. The smallest absolute Gasteiger partial charge is 0.330 e. The molecule has 12 nitrogen and oxygen atoms in total. The Bertz CT molecular complexity index is 872. The molecule has 12 heteroatoms. The summed E-state index contributed by atoms with van der Waals surface area (Å²) in [6, 6.07) is 1.18. The minimum Gasteiger partial charge on any atom is -0.388 e. The van der Waals surface area contributed by atoms with Crippen molar-refractivity contribution in [2.45, 2.75) is 74.8 Å². The summed E-state index contributed by atoms with van der Waals surface area (Å²) >= 11 is 0. The van der Waals surface area contributed by atoms with Crippen LogP contribution in [0.4, 0.5) is 0 Å². The molecule has 3 aliphatic heterocycles. The summed E-state index contributed by atoms with van der Waals surface area (Å²) in [7, 11) is 0. The average molecular weight is 456 g/mol. The fourth-order valence-electron chi connectivity index (χ4n) is 4.64. The summed E-state index contributed by atoms with van der Waals surface area (Å²) < 4.78 is 18.9. The van der Waals surface area contributed by atoms with E-state index in [2.05, 4.69) is 9.88 Å². The number of aliphatic hydroxyl groups excluding tert-OH is 3. The van der Waals surface area contributed by atoms with Crippen molar-refractivity contribution in [1.29, 1.82) is 0 Å². The summed E-state index contributed by atoms with van der Waals surface area (Å²) in [5.41, 5.74) is 4.38. The van der Waals surface area contributed by atoms with Gasteiger partial charge in [0, 0.05) is 31.8 Å². The van der Waals surface area contributed by atoms with E-state index in [0.29, 0.717) is 6.54 Å². The third-order valence-corrected chi connectivity index (χ3v) is 6.40. The van der Waals surface area contributed by atoms with Gasteiger partial charge in [0.25, 0.3) is 5.56 Å². The predicted molar refractivity (Wildman–Crippen MR) is 111 cm³/mol. The van der Waals surface area contributed by atoms with Gasteiger partial charge >= 0.3 is 5.69 Å². The second-order valence-corrected chi connectivity index (χ2v) is 8.68. The Morgan fingerprint density at radius 2 is 1.91 bits per heavy atom. The molecule has 0 saturated carbocycles. The fourth-order valence-corrected chi connectivity index (χ4v) is 4.64. The lowest BCUT2D eigenvalue weighted by atomic mass is 10.1. The summed E-state index contributed by atoms with van der Waals surface area (Å²) in [5.74, 6) is 0. The number of nitrogens with one attached hydrogen (secondary N) is 1. The van der Waals surface area contributed by atoms with Crippen molar-refractivity contribution in [3.63, 3.8) is 0 Å². The molecule has 0 unspecified atom stereocenters. The maximum atomic E-state index is 12.2. The van der Waals surface area contributed by atoms with Gasteiger partial charge in [-0.2, -0.15) is 0 Å². The summed E-state index contributed by atoms with van der Waals surface area (Å²) in [5, 5.41) is 31.1. The van der Waals surface area contributed by atoms with E-state index >= 15 is 0 Å². The minimum atomic E-state index is -1.27. The number of piperidine rings is 1. The number of likely N-dealkylation sites (tertiary alicyclic amines) is 1. The van der Waals surface area contributed by atoms with Crippen LogP contribution in [0, 0.1) is 0 Å². The third kappa shape index (κ3) is 4.97. The molecule has 8 atom stereocenters. The highest BCUT2D eigenvalue weighted by molar-refractivity contribution is 4.93. The first-order chi connectivity index (χ1) is 15.4. The van der Waals surface area contributed by atoms with Crippen LogP contribution in [-0.2, 0) is 14.2 Å². The Morgan fingerprint density at radius 3 is 2.56 bits per heavy atom. The first kappa shape index (κ1) is 23.5. The first-order valence-electron chi connectivity index (χ1n) is 11.1. The van der Waals surface area contributed by atoms with Gasteiger partial charge < -0.3 is 40.2 Å². The number of H-pyrrole nitrogens is 1. The number of ether oxygens (including phenoxy) is 3. The molecule has 0 spiro atoms. The van der Waals surface area contributed by atoms with Gasteiger partial charge in [0.1, 0.15) is 24.4 Å². The van der Waals surface area contributed by atoms with Crippen molar-refractivity contribution in [2.24, 2.45) is 5.73 Å². The van der Waals surface area contributed by atoms with Crippen LogP contribution in [0.25, 0.3) is 0 Å². The zero-order valence-electron chi connectivity index (χ0n) is 17.8. The Kier molecular flexibility index (Phi) is 7.42. The first-order valence-corrected chi connectivity index (χ1v) is 11.1. The molecule has 4 heterocycles. The highest BCUT2D eigenvalue weighted by Crippen LogP contribution is 2.33. The van der Waals surface area contributed by atoms with Crippen molar-refractivity contribution >= 4 is 0 Å². The quantitative estimate of drug-likeness (QED) is 0.294. The second-order valence-electron chi connectivity index (χ2n) is 8.68. The molecule has 1 aromatic heterocycles. The Hall–Kier alpha value is -1.64. The highest BCUT2D eigenvalue weighted by Gasteiger charge is 2.47. The zero-order chi connectivity index (χ0) is 22.8. The molecule has 1 aromatic rings. The largest absolute Gasteiger partial charge is 0.388 e. The van der Waals surface area contributed by atoms with E-state index in [1.165, 1.54) is 12.3 Å². The molecule has 3 saturated heterocycles. The van der Waals surface area contributed by atoms with Gasteiger partial charge in [0.2, 0.25) is 0 Å². The standard InChI is InChI=1S/C20H32N4O8/c21-9-13-16(27)17(28)19(31-13)32-14(10-23-5-2-1-3-6-23)12-8-11(25)18(30-12)24-7-4-15(26)22-20(24)29/h4,7,11-14,16-19,25,27-28H,1-3,5-6,8-10,21H2,(H,22,26,29)/t11-,12+,13-,14+,16-,17-,18-,19+/m1/s1. The van der Waals surface area contributed by atoms with E-state index in [0.717, 1.165) is 36.9 Å². The molecule has 6 N–H and O–H groups in total. The molecule has 180 valence electrons. The van der Waals surface area contributed by atoms with Crippen LogP contribution in [0.3, 0.4) is 0 Å². The van der Waals surface area contributed by atoms with Crippen LogP contribution < -0.4 is 17.0 Å². The van der Waals surface area contributed by atoms with Crippen LogP contribution >= 0.6 is 0 Å². The minimum absolute atomic E-state index is 0.0325. The molecular weight excluding hydrogens is 424 g/mol. The monoisotopic (exact) mass is 456 g/mol. The van der Waals surface area contributed by atoms with Crippen LogP contribution in [0.5, 0.6) is 0 Å². The number of aliphatic hydroxyl groups is 3. The van der Waals surface area contributed by atoms with Crippen LogP contribution in [0.1, 0.15) is 31.9 Å². The third-order valence-electron chi connectivity index (χ3n) is 6.40. The van der Waals surface area contributed by atoms with Gasteiger partial charge in [0.15, 0.2) is 12.5 Å². The number of nitrogens with zero attached hydrogens (tertiary/aromatic N) is 2. The molecule has 4 rings (SSSR count). The maximum Gasteiger partial charge on any atom is 0.330 e. The molecule has 0 aliphatic carbocycles. The number of aromatic nitrogens is 2. The Balaban J connectivity index is 1.51. The number of nitrogens with two attached hydrogens (primary N) is 1. The predicted octanol–water partition coefficient (Wildman–Crippen LogP) is -2.54. The van der Waals surface area contributed by atoms with E-state index in [4.69, 9.17) is 19.9 Å². The molecule has 0 aromatic carbocycles. The Morgan fingerprint density at radius 1 is 1.16 bits per heavy atom. The van der Waals surface area contributed by atoms with Crippen molar-refractivity contribution < 1.29 is 29.5 Å². The van der Waals surface area contributed by atoms with Gasteiger partial charge in [-0.25, -0.2) is 4.79 Å². The van der Waals surface area contributed by atoms with Gasteiger partial charge in [0.05, 0.1) is 12.2 Å². The molecular formula is C20H32N4O8. The molecule has 0 radical (unpaired) electrons. The summed E-state index contributed by atoms with van der Waals surface area (Å²) in [6.07, 6.45) is -2.73. The maximum absolute atomic E-state index is 12.2. The van der Waals surface area contributed by atoms with Gasteiger partial charge in [-0.05, 0) is 25.9 Å². The van der Waals surface area contributed by atoms with Crippen molar-refractivity contribution in [2.75, 3.05) is 26.2 Å². The van der Waals surface area contributed by atoms with Crippen molar-refractivity contribution in [3.05, 3.63) is 33.1 Å². The SMILES string of the molecule is NC[C@H]1O[C@@H](O[C@@H](CN2CCCCC2)[C@@H]2C[C@@H](O)[C@H](n3ccc(=O)[nH]c3=O)O2)[C@H](O)[C@@H]1O. The highest BCUT2D eigenvalue weighted by atomic mass is 16.7. The molecule has 0 bridgehead atoms. The number of aromatic amines is 1. The number of rotatable bonds is 7. The zero-order valence-corrected chi connectivity index (χ0v) is 17.8. The lowest BCUT2D eigenvalue weighted by Crippen LogP contribution is -2.46.